The van der Waals surface area contributed by atoms with Gasteiger partial charge >= 0.3 is 11.7 Å². The number of benzene rings is 1. The van der Waals surface area contributed by atoms with Gasteiger partial charge in [-0.25, -0.2) is 0 Å². The molecular formula is C12H14N2O6S. The maximum Gasteiger partial charge on any atom is 0.321 e. The van der Waals surface area contributed by atoms with Crippen LogP contribution in [0, 0.1) is 10.1 Å². The third kappa shape index (κ3) is 3.03. The van der Waals surface area contributed by atoms with Crippen LogP contribution in [0.3, 0.4) is 0 Å². The Bertz CT molecular complexity index is 579. The summed E-state index contributed by atoms with van der Waals surface area (Å²) in [5.41, 5.74) is 0.362. The van der Waals surface area contributed by atoms with Crippen molar-refractivity contribution in [3.63, 3.8) is 0 Å². The summed E-state index contributed by atoms with van der Waals surface area (Å²) in [6.07, 6.45) is 0. The molecule has 0 spiro atoms. The smallest absolute Gasteiger partial charge is 0.321 e. The van der Waals surface area contributed by atoms with Crippen LogP contribution in [-0.4, -0.2) is 42.0 Å². The standard InChI is InChI=1S/C12H14N2O6S/c1-19-9-4-6(3-8(14(17)18)10(9)20-2)11-13-7(5-21-11)12(15)16/h3-4,7,11,13H,5H2,1-2H3,(H,15,16)/t7-,11+/m1/s1. The van der Waals surface area contributed by atoms with E-state index in [0.717, 1.165) is 0 Å². The largest absolute Gasteiger partial charge is 0.493 e. The van der Waals surface area contributed by atoms with Crippen molar-refractivity contribution < 1.29 is 24.3 Å². The molecule has 1 fully saturated rings. The van der Waals surface area contributed by atoms with E-state index in [9.17, 15) is 14.9 Å². The normalized spacial score (nSPS) is 21.0. The van der Waals surface area contributed by atoms with Gasteiger partial charge in [-0.1, -0.05) is 0 Å². The van der Waals surface area contributed by atoms with Crippen LogP contribution in [0.1, 0.15) is 10.9 Å². The molecule has 0 bridgehead atoms. The van der Waals surface area contributed by atoms with Crippen LogP contribution in [0.5, 0.6) is 11.5 Å². The van der Waals surface area contributed by atoms with Crippen molar-refractivity contribution in [2.75, 3.05) is 20.0 Å². The zero-order valence-electron chi connectivity index (χ0n) is 11.4. The molecule has 1 aromatic rings. The summed E-state index contributed by atoms with van der Waals surface area (Å²) in [5.74, 6) is -0.269. The summed E-state index contributed by atoms with van der Waals surface area (Å²) in [6.45, 7) is 0. The molecule has 1 aliphatic rings. The first-order chi connectivity index (χ1) is 9.97. The lowest BCUT2D eigenvalue weighted by Gasteiger charge is -2.14. The van der Waals surface area contributed by atoms with Gasteiger partial charge in [-0.15, -0.1) is 11.8 Å². The van der Waals surface area contributed by atoms with E-state index in [1.807, 2.05) is 0 Å². The number of nitro groups is 1. The van der Waals surface area contributed by atoms with Gasteiger partial charge in [0.05, 0.1) is 24.5 Å². The lowest BCUT2D eigenvalue weighted by atomic mass is 10.1. The number of ether oxygens (including phenoxy) is 2. The molecule has 8 nitrogen and oxygen atoms in total. The molecule has 0 radical (unpaired) electrons. The molecule has 2 rings (SSSR count). The highest BCUT2D eigenvalue weighted by Crippen LogP contribution is 2.42. The Morgan fingerprint density at radius 1 is 1.48 bits per heavy atom. The Morgan fingerprint density at radius 2 is 2.19 bits per heavy atom. The van der Waals surface area contributed by atoms with E-state index in [0.29, 0.717) is 11.3 Å². The average molecular weight is 314 g/mol. The number of nitro benzene ring substituents is 1. The molecule has 0 aliphatic carbocycles. The summed E-state index contributed by atoms with van der Waals surface area (Å²) in [6, 6.07) is 2.31. The fraction of sp³-hybridized carbons (Fsp3) is 0.417. The highest BCUT2D eigenvalue weighted by molar-refractivity contribution is 7.99. The van der Waals surface area contributed by atoms with Gasteiger partial charge in [-0.05, 0) is 11.6 Å². The monoisotopic (exact) mass is 314 g/mol. The average Bonchev–Trinajstić information content (AvgIpc) is 2.95. The number of hydrogen-bond acceptors (Lipinski definition) is 7. The molecule has 0 saturated carbocycles. The molecule has 114 valence electrons. The van der Waals surface area contributed by atoms with Gasteiger partial charge in [0.1, 0.15) is 6.04 Å². The Balaban J connectivity index is 2.39. The minimum atomic E-state index is -0.944. The lowest BCUT2D eigenvalue weighted by Crippen LogP contribution is -2.33. The maximum absolute atomic E-state index is 11.1. The van der Waals surface area contributed by atoms with Crippen LogP contribution in [0.2, 0.25) is 0 Å². The minimum Gasteiger partial charge on any atom is -0.493 e. The summed E-state index contributed by atoms with van der Waals surface area (Å²) in [5, 5.41) is 22.7. The first-order valence-electron chi connectivity index (χ1n) is 5.98. The summed E-state index contributed by atoms with van der Waals surface area (Å²) in [4.78, 5) is 21.5. The molecule has 0 amide bonds. The number of carboxylic acid groups (broad SMARTS) is 1. The van der Waals surface area contributed by atoms with Crippen molar-refractivity contribution in [1.82, 2.24) is 5.32 Å². The Morgan fingerprint density at radius 3 is 2.67 bits per heavy atom. The Hall–Kier alpha value is -2.00. The van der Waals surface area contributed by atoms with E-state index in [1.54, 1.807) is 6.07 Å². The summed E-state index contributed by atoms with van der Waals surface area (Å²) >= 11 is 1.37. The number of hydrogen-bond donors (Lipinski definition) is 2. The van der Waals surface area contributed by atoms with Crippen LogP contribution in [0.4, 0.5) is 5.69 Å². The number of carbonyl (C=O) groups is 1. The SMILES string of the molecule is COc1cc([C@H]2N[C@@H](C(=O)O)CS2)cc([N+](=O)[O-])c1OC. The first kappa shape index (κ1) is 15.4. The van der Waals surface area contributed by atoms with Crippen LogP contribution in [0.25, 0.3) is 0 Å². The maximum atomic E-state index is 11.1. The molecule has 21 heavy (non-hydrogen) atoms. The third-order valence-corrected chi connectivity index (χ3v) is 4.33. The Kier molecular flexibility index (Phi) is 4.53. The van der Waals surface area contributed by atoms with Crippen molar-refractivity contribution >= 4 is 23.4 Å². The highest BCUT2D eigenvalue weighted by atomic mass is 32.2. The number of nitrogens with one attached hydrogen (secondary N) is 1. The number of nitrogens with zero attached hydrogens (tertiary/aromatic N) is 1. The first-order valence-corrected chi connectivity index (χ1v) is 7.03. The van der Waals surface area contributed by atoms with Gasteiger partial charge in [0.2, 0.25) is 5.75 Å². The molecule has 1 aromatic carbocycles. The highest BCUT2D eigenvalue weighted by Gasteiger charge is 2.32. The van der Waals surface area contributed by atoms with Crippen molar-refractivity contribution in [2.24, 2.45) is 0 Å². The predicted molar refractivity (Wildman–Crippen MR) is 76.0 cm³/mol. The van der Waals surface area contributed by atoms with Gasteiger partial charge in [-0.3, -0.25) is 20.2 Å². The van der Waals surface area contributed by atoms with Crippen molar-refractivity contribution in [1.29, 1.82) is 0 Å². The second-order valence-corrected chi connectivity index (χ2v) is 5.44. The number of methoxy groups -OCH3 is 2. The quantitative estimate of drug-likeness (QED) is 0.620. The van der Waals surface area contributed by atoms with Crippen LogP contribution < -0.4 is 14.8 Å². The van der Waals surface area contributed by atoms with Crippen molar-refractivity contribution in [3.8, 4) is 11.5 Å². The lowest BCUT2D eigenvalue weighted by molar-refractivity contribution is -0.385. The molecule has 0 aromatic heterocycles. The van der Waals surface area contributed by atoms with E-state index >= 15 is 0 Å². The summed E-state index contributed by atoms with van der Waals surface area (Å²) in [7, 11) is 2.72. The molecule has 2 N–H and O–H groups in total. The minimum absolute atomic E-state index is 0.0454. The molecule has 1 aliphatic heterocycles. The van der Waals surface area contributed by atoms with Crippen LogP contribution in [-0.2, 0) is 4.79 Å². The second-order valence-electron chi connectivity index (χ2n) is 4.30. The van der Waals surface area contributed by atoms with E-state index in [2.05, 4.69) is 5.32 Å². The van der Waals surface area contributed by atoms with Crippen molar-refractivity contribution in [2.45, 2.75) is 11.4 Å². The topological polar surface area (TPSA) is 111 Å². The van der Waals surface area contributed by atoms with Gasteiger partial charge in [0.25, 0.3) is 0 Å². The molecule has 2 atom stereocenters. The van der Waals surface area contributed by atoms with E-state index in [4.69, 9.17) is 14.6 Å². The number of thioether (sulfide) groups is 1. The van der Waals surface area contributed by atoms with E-state index < -0.39 is 16.9 Å². The Labute approximate surface area is 124 Å². The molecule has 1 heterocycles. The van der Waals surface area contributed by atoms with Crippen LogP contribution in [0.15, 0.2) is 12.1 Å². The van der Waals surface area contributed by atoms with E-state index in [1.165, 1.54) is 32.0 Å². The predicted octanol–water partition coefficient (Wildman–Crippen LogP) is 1.40. The number of rotatable bonds is 5. The summed E-state index contributed by atoms with van der Waals surface area (Å²) < 4.78 is 10.1. The number of aliphatic carboxylic acids is 1. The van der Waals surface area contributed by atoms with Gasteiger partial charge < -0.3 is 14.6 Å². The third-order valence-electron chi connectivity index (χ3n) is 3.06. The number of carboxylic acids is 1. The van der Waals surface area contributed by atoms with Crippen molar-refractivity contribution in [3.05, 3.63) is 27.8 Å². The van der Waals surface area contributed by atoms with Gasteiger partial charge in [0.15, 0.2) is 5.75 Å². The van der Waals surface area contributed by atoms with Crippen LogP contribution >= 0.6 is 11.8 Å². The van der Waals surface area contributed by atoms with Gasteiger partial charge in [0, 0.05) is 11.8 Å². The molecule has 1 saturated heterocycles. The zero-order valence-corrected chi connectivity index (χ0v) is 12.2. The molecule has 9 heteroatoms. The second kappa shape index (κ2) is 6.19. The fourth-order valence-corrected chi connectivity index (χ4v) is 3.27. The zero-order chi connectivity index (χ0) is 15.6. The van der Waals surface area contributed by atoms with E-state index in [-0.39, 0.29) is 22.6 Å². The van der Waals surface area contributed by atoms with Gasteiger partial charge in [-0.2, -0.15) is 0 Å². The molecular weight excluding hydrogens is 300 g/mol. The molecule has 0 unspecified atom stereocenters. The fourth-order valence-electron chi connectivity index (χ4n) is 2.06.